The van der Waals surface area contributed by atoms with E-state index in [2.05, 4.69) is 22.2 Å². The van der Waals surface area contributed by atoms with Gasteiger partial charge in [-0.3, -0.25) is 14.7 Å². The molecule has 1 fully saturated rings. The van der Waals surface area contributed by atoms with Crippen LogP contribution < -0.4 is 10.1 Å². The Morgan fingerprint density at radius 3 is 3.19 bits per heavy atom. The maximum absolute atomic E-state index is 10.3. The summed E-state index contributed by atoms with van der Waals surface area (Å²) in [5, 5.41) is 2.54. The van der Waals surface area contributed by atoms with Crippen LogP contribution in [0.2, 0.25) is 0 Å². The molecule has 1 N–H and O–H groups in total. The van der Waals surface area contributed by atoms with E-state index in [1.807, 2.05) is 0 Å². The molecule has 1 saturated heterocycles. The van der Waals surface area contributed by atoms with E-state index in [1.165, 1.54) is 6.42 Å². The normalized spacial score (nSPS) is 19.9. The Balaban J connectivity index is 1.88. The lowest BCUT2D eigenvalue weighted by atomic mass is 10.1. The molecule has 0 radical (unpaired) electrons. The van der Waals surface area contributed by atoms with E-state index in [1.54, 1.807) is 18.5 Å². The first-order valence-electron chi connectivity index (χ1n) is 5.28. The summed E-state index contributed by atoms with van der Waals surface area (Å²) in [5.41, 5.74) is 0.648. The summed E-state index contributed by atoms with van der Waals surface area (Å²) in [7, 11) is 2.08. The number of pyridine rings is 1. The monoisotopic (exact) mass is 221 g/mol. The van der Waals surface area contributed by atoms with Gasteiger partial charge in [-0.2, -0.15) is 0 Å². The highest BCUT2D eigenvalue weighted by Crippen LogP contribution is 2.18. The van der Waals surface area contributed by atoms with Crippen LogP contribution in [0.3, 0.4) is 0 Å². The van der Waals surface area contributed by atoms with Gasteiger partial charge in [0.1, 0.15) is 12.4 Å². The number of carbonyl (C=O) groups excluding carboxylic acids is 1. The van der Waals surface area contributed by atoms with Crippen LogP contribution in [-0.2, 0) is 4.79 Å². The number of carbonyl (C=O) groups is 1. The van der Waals surface area contributed by atoms with Gasteiger partial charge in [0, 0.05) is 12.1 Å². The number of hydrogen-bond donors (Lipinski definition) is 1. The summed E-state index contributed by atoms with van der Waals surface area (Å²) in [4.78, 5) is 16.5. The molecule has 1 atom stereocenters. The minimum Gasteiger partial charge on any atom is -0.490 e. The molecule has 1 aliphatic rings. The van der Waals surface area contributed by atoms with Crippen molar-refractivity contribution in [3.8, 4) is 5.75 Å². The van der Waals surface area contributed by atoms with Gasteiger partial charge < -0.3 is 10.1 Å². The van der Waals surface area contributed by atoms with Crippen LogP contribution in [0.1, 0.15) is 6.42 Å². The van der Waals surface area contributed by atoms with Crippen molar-refractivity contribution >= 4 is 12.1 Å². The number of nitrogens with one attached hydrogen (secondary N) is 1. The van der Waals surface area contributed by atoms with Crippen LogP contribution in [0.5, 0.6) is 5.75 Å². The van der Waals surface area contributed by atoms with Crippen LogP contribution in [0.15, 0.2) is 18.5 Å². The van der Waals surface area contributed by atoms with E-state index in [-0.39, 0.29) is 0 Å². The van der Waals surface area contributed by atoms with Crippen molar-refractivity contribution in [2.75, 3.05) is 25.5 Å². The maximum Gasteiger partial charge on any atom is 0.211 e. The van der Waals surface area contributed by atoms with Crippen molar-refractivity contribution in [2.24, 2.45) is 0 Å². The van der Waals surface area contributed by atoms with Crippen LogP contribution in [0.4, 0.5) is 5.69 Å². The summed E-state index contributed by atoms with van der Waals surface area (Å²) >= 11 is 0. The number of hydrogen-bond acceptors (Lipinski definition) is 4. The predicted molar refractivity (Wildman–Crippen MR) is 60.5 cm³/mol. The molecule has 0 aromatic carbocycles. The molecule has 86 valence electrons. The third-order valence-corrected chi connectivity index (χ3v) is 2.82. The van der Waals surface area contributed by atoms with E-state index in [0.29, 0.717) is 30.5 Å². The van der Waals surface area contributed by atoms with Crippen molar-refractivity contribution in [1.82, 2.24) is 9.88 Å². The van der Waals surface area contributed by atoms with Gasteiger partial charge in [-0.25, -0.2) is 0 Å². The topological polar surface area (TPSA) is 54.5 Å². The highest BCUT2D eigenvalue weighted by Gasteiger charge is 2.24. The quantitative estimate of drug-likeness (QED) is 0.745. The van der Waals surface area contributed by atoms with Gasteiger partial charge in [0.05, 0.1) is 18.1 Å². The molecule has 2 rings (SSSR count). The Hall–Kier alpha value is -1.62. The zero-order valence-corrected chi connectivity index (χ0v) is 9.22. The molecule has 1 aromatic heterocycles. The Morgan fingerprint density at radius 1 is 1.69 bits per heavy atom. The van der Waals surface area contributed by atoms with Crippen molar-refractivity contribution in [2.45, 2.75) is 12.5 Å². The molecule has 1 aliphatic heterocycles. The molecule has 1 amide bonds. The minimum atomic E-state index is 0.502. The van der Waals surface area contributed by atoms with E-state index < -0.39 is 0 Å². The van der Waals surface area contributed by atoms with E-state index in [0.717, 1.165) is 6.54 Å². The van der Waals surface area contributed by atoms with Crippen LogP contribution in [-0.4, -0.2) is 42.5 Å². The fourth-order valence-electron chi connectivity index (χ4n) is 1.62. The Bertz CT molecular complexity index is 370. The second kappa shape index (κ2) is 4.94. The van der Waals surface area contributed by atoms with Gasteiger partial charge in [0.15, 0.2) is 0 Å². The van der Waals surface area contributed by atoms with Gasteiger partial charge in [-0.15, -0.1) is 0 Å². The van der Waals surface area contributed by atoms with Crippen LogP contribution in [0, 0.1) is 0 Å². The molecule has 1 aromatic rings. The largest absolute Gasteiger partial charge is 0.490 e. The first-order chi connectivity index (χ1) is 7.79. The van der Waals surface area contributed by atoms with Crippen molar-refractivity contribution < 1.29 is 9.53 Å². The average molecular weight is 221 g/mol. The van der Waals surface area contributed by atoms with Gasteiger partial charge in [-0.1, -0.05) is 0 Å². The van der Waals surface area contributed by atoms with E-state index >= 15 is 0 Å². The lowest BCUT2D eigenvalue weighted by Crippen LogP contribution is -2.48. The number of anilines is 1. The maximum atomic E-state index is 10.3. The zero-order chi connectivity index (χ0) is 11.4. The molecule has 2 heterocycles. The van der Waals surface area contributed by atoms with Gasteiger partial charge in [0.25, 0.3) is 0 Å². The Kier molecular flexibility index (Phi) is 3.36. The summed E-state index contributed by atoms with van der Waals surface area (Å²) < 4.78 is 5.61. The average Bonchev–Trinajstić information content (AvgIpc) is 2.28. The fourth-order valence-corrected chi connectivity index (χ4v) is 1.62. The molecule has 0 unspecified atom stereocenters. The lowest BCUT2D eigenvalue weighted by molar-refractivity contribution is -0.105. The van der Waals surface area contributed by atoms with Crippen LogP contribution >= 0.6 is 0 Å². The van der Waals surface area contributed by atoms with Crippen molar-refractivity contribution in [3.63, 3.8) is 0 Å². The van der Waals surface area contributed by atoms with Gasteiger partial charge in [-0.05, 0) is 20.0 Å². The lowest BCUT2D eigenvalue weighted by Gasteiger charge is -2.37. The van der Waals surface area contributed by atoms with Crippen molar-refractivity contribution in [3.05, 3.63) is 18.5 Å². The molecule has 0 aliphatic carbocycles. The second-order valence-corrected chi connectivity index (χ2v) is 3.91. The van der Waals surface area contributed by atoms with Crippen molar-refractivity contribution in [1.29, 1.82) is 0 Å². The molecule has 5 heteroatoms. The smallest absolute Gasteiger partial charge is 0.211 e. The molecule has 0 saturated carbocycles. The molecule has 16 heavy (non-hydrogen) atoms. The highest BCUT2D eigenvalue weighted by molar-refractivity contribution is 5.71. The van der Waals surface area contributed by atoms with E-state index in [9.17, 15) is 4.79 Å². The van der Waals surface area contributed by atoms with E-state index in [4.69, 9.17) is 4.74 Å². The number of ether oxygens (including phenoxy) is 1. The number of amides is 1. The molecular formula is C11H15N3O2. The molecule has 5 nitrogen and oxygen atoms in total. The van der Waals surface area contributed by atoms with Gasteiger partial charge in [0.2, 0.25) is 6.41 Å². The molecular weight excluding hydrogens is 206 g/mol. The number of nitrogens with zero attached hydrogens (tertiary/aromatic N) is 2. The summed E-state index contributed by atoms with van der Waals surface area (Å²) in [6, 6.07) is 2.27. The fraction of sp³-hybridized carbons (Fsp3) is 0.455. The number of rotatable bonds is 5. The number of likely N-dealkylation sites (tertiary alicyclic amines) is 1. The predicted octanol–water partition coefficient (Wildman–Crippen LogP) is 0.733. The SMILES string of the molecule is CN1CC[C@H]1COc1cncc(NC=O)c1. The second-order valence-electron chi connectivity index (χ2n) is 3.91. The molecule has 0 bridgehead atoms. The third kappa shape index (κ3) is 2.49. The first-order valence-corrected chi connectivity index (χ1v) is 5.28. The zero-order valence-electron chi connectivity index (χ0n) is 9.22. The summed E-state index contributed by atoms with van der Waals surface area (Å²) in [6.45, 7) is 1.81. The standard InChI is InChI=1S/C11H15N3O2/c1-14-3-2-10(14)7-16-11-4-9(13-8-15)5-12-6-11/h4-6,8,10H,2-3,7H2,1H3,(H,13,15)/t10-/m0/s1. The van der Waals surface area contributed by atoms with Crippen LogP contribution in [0.25, 0.3) is 0 Å². The summed E-state index contributed by atoms with van der Waals surface area (Å²) in [6.07, 6.45) is 5.03. The Morgan fingerprint density at radius 2 is 2.56 bits per heavy atom. The highest BCUT2D eigenvalue weighted by atomic mass is 16.5. The third-order valence-electron chi connectivity index (χ3n) is 2.82. The molecule has 0 spiro atoms. The first kappa shape index (κ1) is 10.9. The minimum absolute atomic E-state index is 0.502. The summed E-state index contributed by atoms with van der Waals surface area (Å²) in [5.74, 6) is 0.687. The Labute approximate surface area is 94.4 Å². The number of aromatic nitrogens is 1. The van der Waals surface area contributed by atoms with Gasteiger partial charge >= 0.3 is 0 Å². The number of likely N-dealkylation sites (N-methyl/N-ethyl adjacent to an activating group) is 1.